The lowest BCUT2D eigenvalue weighted by molar-refractivity contribution is 0.135. The first kappa shape index (κ1) is 13.4. The van der Waals surface area contributed by atoms with Gasteiger partial charge in [-0.05, 0) is 49.4 Å². The van der Waals surface area contributed by atoms with Crippen molar-refractivity contribution < 1.29 is 0 Å². The maximum atomic E-state index is 6.54. The minimum absolute atomic E-state index is 0.361. The third-order valence-electron chi connectivity index (χ3n) is 5.55. The minimum atomic E-state index is 0.361. The van der Waals surface area contributed by atoms with Gasteiger partial charge in [0, 0.05) is 12.1 Å². The number of rotatable bonds is 2. The molecule has 0 aromatic carbocycles. The van der Waals surface area contributed by atoms with Crippen LogP contribution in [0.25, 0.3) is 0 Å². The molecule has 4 N–H and O–H groups in total. The quantitative estimate of drug-likeness (QED) is 0.777. The molecule has 2 saturated carbocycles. The molecular weight excluding hydrogens is 208 g/mol. The van der Waals surface area contributed by atoms with Crippen molar-refractivity contribution in [2.45, 2.75) is 70.9 Å². The van der Waals surface area contributed by atoms with Gasteiger partial charge in [0.25, 0.3) is 0 Å². The van der Waals surface area contributed by atoms with E-state index in [1.807, 2.05) is 0 Å². The molecule has 0 bridgehead atoms. The molecule has 2 heteroatoms. The van der Waals surface area contributed by atoms with Crippen LogP contribution in [0.1, 0.15) is 58.8 Å². The van der Waals surface area contributed by atoms with Gasteiger partial charge in [-0.3, -0.25) is 0 Å². The molecule has 0 saturated heterocycles. The van der Waals surface area contributed by atoms with Gasteiger partial charge in [0.1, 0.15) is 0 Å². The lowest BCUT2D eigenvalue weighted by Crippen LogP contribution is -2.49. The van der Waals surface area contributed by atoms with Gasteiger partial charge in [-0.15, -0.1) is 0 Å². The largest absolute Gasteiger partial charge is 0.327 e. The molecule has 2 fully saturated rings. The SMILES string of the molecule is CC1CCC(C(N)C2CCCCC2N)CC1C. The molecule has 0 amide bonds. The smallest absolute Gasteiger partial charge is 0.0110 e. The highest BCUT2D eigenvalue weighted by Gasteiger charge is 2.35. The summed E-state index contributed by atoms with van der Waals surface area (Å²) in [6.45, 7) is 4.78. The lowest BCUT2D eigenvalue weighted by Gasteiger charge is -2.41. The zero-order valence-electron chi connectivity index (χ0n) is 11.6. The van der Waals surface area contributed by atoms with E-state index >= 15 is 0 Å². The van der Waals surface area contributed by atoms with Gasteiger partial charge < -0.3 is 11.5 Å². The highest BCUT2D eigenvalue weighted by Crippen LogP contribution is 2.38. The Hall–Kier alpha value is -0.0800. The second kappa shape index (κ2) is 5.71. The molecule has 17 heavy (non-hydrogen) atoms. The van der Waals surface area contributed by atoms with Crippen LogP contribution in [-0.2, 0) is 0 Å². The van der Waals surface area contributed by atoms with Gasteiger partial charge >= 0.3 is 0 Å². The van der Waals surface area contributed by atoms with Crippen molar-refractivity contribution in [3.8, 4) is 0 Å². The highest BCUT2D eigenvalue weighted by molar-refractivity contribution is 4.91. The van der Waals surface area contributed by atoms with Crippen molar-refractivity contribution in [3.63, 3.8) is 0 Å². The summed E-state index contributed by atoms with van der Waals surface area (Å²) >= 11 is 0. The van der Waals surface area contributed by atoms with Gasteiger partial charge in [0.05, 0.1) is 0 Å². The Morgan fingerprint density at radius 2 is 1.65 bits per heavy atom. The van der Waals surface area contributed by atoms with Crippen LogP contribution in [0.5, 0.6) is 0 Å². The average Bonchev–Trinajstić information content (AvgIpc) is 2.32. The number of hydrogen-bond acceptors (Lipinski definition) is 2. The van der Waals surface area contributed by atoms with Gasteiger partial charge in [-0.1, -0.05) is 33.1 Å². The Morgan fingerprint density at radius 1 is 0.941 bits per heavy atom. The summed E-state index contributed by atoms with van der Waals surface area (Å²) in [4.78, 5) is 0. The van der Waals surface area contributed by atoms with E-state index in [1.54, 1.807) is 0 Å². The summed E-state index contributed by atoms with van der Waals surface area (Å²) in [6, 6.07) is 0.730. The fraction of sp³-hybridized carbons (Fsp3) is 1.00. The molecule has 0 heterocycles. The second-order valence-electron chi connectivity index (χ2n) is 6.72. The molecule has 2 rings (SSSR count). The predicted octanol–water partition coefficient (Wildman–Crippen LogP) is 2.90. The molecule has 0 aromatic rings. The first-order chi connectivity index (χ1) is 8.09. The first-order valence-electron chi connectivity index (χ1n) is 7.60. The van der Waals surface area contributed by atoms with Crippen molar-refractivity contribution in [1.82, 2.24) is 0 Å². The molecule has 2 nitrogen and oxygen atoms in total. The van der Waals surface area contributed by atoms with Gasteiger partial charge in [0.15, 0.2) is 0 Å². The fourth-order valence-electron chi connectivity index (χ4n) is 3.95. The Kier molecular flexibility index (Phi) is 4.48. The molecule has 100 valence electrons. The normalized spacial score (nSPS) is 45.5. The maximum Gasteiger partial charge on any atom is 0.0110 e. The summed E-state index contributed by atoms with van der Waals surface area (Å²) in [5, 5.41) is 0. The average molecular weight is 238 g/mol. The van der Waals surface area contributed by atoms with Crippen molar-refractivity contribution in [2.24, 2.45) is 35.1 Å². The van der Waals surface area contributed by atoms with Crippen LogP contribution in [0.3, 0.4) is 0 Å². The third-order valence-corrected chi connectivity index (χ3v) is 5.55. The second-order valence-corrected chi connectivity index (χ2v) is 6.72. The molecule has 0 aromatic heterocycles. The maximum absolute atomic E-state index is 6.54. The molecule has 0 spiro atoms. The zero-order chi connectivity index (χ0) is 12.4. The third kappa shape index (κ3) is 3.03. The summed E-state index contributed by atoms with van der Waals surface area (Å²) in [6.07, 6.45) is 9.12. The molecular formula is C15H30N2. The van der Waals surface area contributed by atoms with E-state index in [2.05, 4.69) is 13.8 Å². The monoisotopic (exact) mass is 238 g/mol. The zero-order valence-corrected chi connectivity index (χ0v) is 11.6. The molecule has 6 unspecified atom stereocenters. The van der Waals surface area contributed by atoms with Crippen LogP contribution in [0.4, 0.5) is 0 Å². The molecule has 2 aliphatic rings. The minimum Gasteiger partial charge on any atom is -0.327 e. The van der Waals surface area contributed by atoms with Crippen LogP contribution >= 0.6 is 0 Å². The van der Waals surface area contributed by atoms with Crippen molar-refractivity contribution in [3.05, 3.63) is 0 Å². The molecule has 0 radical (unpaired) electrons. The van der Waals surface area contributed by atoms with Crippen molar-refractivity contribution in [2.75, 3.05) is 0 Å². The van der Waals surface area contributed by atoms with Crippen molar-refractivity contribution >= 4 is 0 Å². The van der Waals surface area contributed by atoms with E-state index in [-0.39, 0.29) is 0 Å². The van der Waals surface area contributed by atoms with Crippen LogP contribution in [0.15, 0.2) is 0 Å². The fourth-order valence-corrected chi connectivity index (χ4v) is 3.95. The Labute approximate surface area is 107 Å². The number of hydrogen-bond donors (Lipinski definition) is 2. The van der Waals surface area contributed by atoms with E-state index in [9.17, 15) is 0 Å². The summed E-state index contributed by atoms with van der Waals surface area (Å²) in [5.74, 6) is 3.06. The van der Waals surface area contributed by atoms with Gasteiger partial charge in [-0.2, -0.15) is 0 Å². The van der Waals surface area contributed by atoms with Crippen molar-refractivity contribution in [1.29, 1.82) is 0 Å². The van der Waals surface area contributed by atoms with E-state index in [1.165, 1.54) is 44.9 Å². The van der Waals surface area contributed by atoms with Gasteiger partial charge in [0.2, 0.25) is 0 Å². The molecule has 6 atom stereocenters. The van der Waals surface area contributed by atoms with Crippen LogP contribution < -0.4 is 11.5 Å². The van der Waals surface area contributed by atoms with Crippen LogP contribution in [0.2, 0.25) is 0 Å². The summed E-state index contributed by atoms with van der Waals surface area (Å²) < 4.78 is 0. The van der Waals surface area contributed by atoms with E-state index in [4.69, 9.17) is 11.5 Å². The Bertz CT molecular complexity index is 241. The molecule has 2 aliphatic carbocycles. The first-order valence-corrected chi connectivity index (χ1v) is 7.60. The lowest BCUT2D eigenvalue weighted by atomic mass is 9.68. The van der Waals surface area contributed by atoms with E-state index in [0.29, 0.717) is 18.0 Å². The Morgan fingerprint density at radius 3 is 2.29 bits per heavy atom. The predicted molar refractivity (Wildman–Crippen MR) is 73.6 cm³/mol. The standard InChI is InChI=1S/C15H30N2/c1-10-7-8-12(9-11(10)2)15(17)13-5-3-4-6-14(13)16/h10-15H,3-9,16-17H2,1-2H3. The molecule has 0 aliphatic heterocycles. The topological polar surface area (TPSA) is 52.0 Å². The highest BCUT2D eigenvalue weighted by atomic mass is 14.8. The van der Waals surface area contributed by atoms with E-state index in [0.717, 1.165) is 17.8 Å². The van der Waals surface area contributed by atoms with Crippen LogP contribution in [-0.4, -0.2) is 12.1 Å². The van der Waals surface area contributed by atoms with Crippen LogP contribution in [0, 0.1) is 23.7 Å². The Balaban J connectivity index is 1.92. The summed E-state index contributed by atoms with van der Waals surface area (Å²) in [7, 11) is 0. The van der Waals surface area contributed by atoms with Gasteiger partial charge in [-0.25, -0.2) is 0 Å². The number of nitrogens with two attached hydrogens (primary N) is 2. The van der Waals surface area contributed by atoms with E-state index < -0.39 is 0 Å². The summed E-state index contributed by atoms with van der Waals surface area (Å²) in [5.41, 5.74) is 12.8.